The van der Waals surface area contributed by atoms with E-state index in [9.17, 15) is 4.79 Å². The summed E-state index contributed by atoms with van der Waals surface area (Å²) in [5, 5.41) is 3.23. The van der Waals surface area contributed by atoms with Gasteiger partial charge in [0.15, 0.2) is 0 Å². The smallest absolute Gasteiger partial charge is 0.272 e. The van der Waals surface area contributed by atoms with Crippen molar-refractivity contribution in [1.82, 2.24) is 14.9 Å². The third kappa shape index (κ3) is 3.74. The summed E-state index contributed by atoms with van der Waals surface area (Å²) >= 11 is 0. The summed E-state index contributed by atoms with van der Waals surface area (Å²) in [4.78, 5) is 23.9. The van der Waals surface area contributed by atoms with Crippen LogP contribution in [0.4, 0.5) is 11.6 Å². The van der Waals surface area contributed by atoms with Crippen LogP contribution in [0.1, 0.15) is 38.4 Å². The van der Waals surface area contributed by atoms with Crippen molar-refractivity contribution >= 4 is 17.5 Å². The summed E-state index contributed by atoms with van der Waals surface area (Å²) in [6.07, 6.45) is 0.875. The number of hydrogen-bond acceptors (Lipinski definition) is 4. The predicted molar refractivity (Wildman–Crippen MR) is 111 cm³/mol. The van der Waals surface area contributed by atoms with Crippen LogP contribution in [0, 0.1) is 20.8 Å². The SMILES string of the molecule is Cc1cc(C(=O)N2CCc3ccccc3C2)nc(Nc2ccc(C)c(C)c2)n1. The van der Waals surface area contributed by atoms with Gasteiger partial charge in [0.2, 0.25) is 5.95 Å². The standard InChI is InChI=1S/C23H24N4O/c1-15-8-9-20(12-16(15)2)25-23-24-17(3)13-21(26-23)22(28)27-11-10-18-6-4-5-7-19(18)14-27/h4-9,12-13H,10-11,14H2,1-3H3,(H,24,25,26). The Hall–Kier alpha value is -3.21. The van der Waals surface area contributed by atoms with Crippen molar-refractivity contribution in [3.8, 4) is 0 Å². The molecule has 0 aliphatic carbocycles. The molecule has 1 aliphatic rings. The molecule has 0 saturated carbocycles. The second kappa shape index (κ2) is 7.43. The van der Waals surface area contributed by atoms with Crippen molar-refractivity contribution in [3.63, 3.8) is 0 Å². The fraction of sp³-hybridized carbons (Fsp3) is 0.261. The van der Waals surface area contributed by atoms with Gasteiger partial charge < -0.3 is 10.2 Å². The number of aryl methyl sites for hydroxylation is 3. The van der Waals surface area contributed by atoms with Crippen molar-refractivity contribution in [1.29, 1.82) is 0 Å². The second-order valence-corrected chi connectivity index (χ2v) is 7.39. The van der Waals surface area contributed by atoms with Crippen LogP contribution < -0.4 is 5.32 Å². The molecular formula is C23H24N4O. The number of rotatable bonds is 3. The summed E-state index contributed by atoms with van der Waals surface area (Å²) in [5.74, 6) is 0.396. The molecule has 3 aromatic rings. The number of nitrogens with zero attached hydrogens (tertiary/aromatic N) is 3. The lowest BCUT2D eigenvalue weighted by atomic mass is 10.00. The summed E-state index contributed by atoms with van der Waals surface area (Å²) in [7, 11) is 0. The molecule has 0 fully saturated rings. The van der Waals surface area contributed by atoms with Gasteiger partial charge in [0.1, 0.15) is 5.69 Å². The average Bonchev–Trinajstić information content (AvgIpc) is 2.69. The van der Waals surface area contributed by atoms with Gasteiger partial charge in [0, 0.05) is 24.5 Å². The fourth-order valence-electron chi connectivity index (χ4n) is 3.51. The first-order valence-electron chi connectivity index (χ1n) is 9.55. The molecule has 4 rings (SSSR count). The number of nitrogens with one attached hydrogen (secondary N) is 1. The highest BCUT2D eigenvalue weighted by Crippen LogP contribution is 2.21. The normalized spacial score (nSPS) is 13.2. The van der Waals surface area contributed by atoms with E-state index < -0.39 is 0 Å². The van der Waals surface area contributed by atoms with Gasteiger partial charge in [-0.05, 0) is 67.6 Å². The Balaban J connectivity index is 1.56. The van der Waals surface area contributed by atoms with Gasteiger partial charge in [-0.1, -0.05) is 30.3 Å². The van der Waals surface area contributed by atoms with Gasteiger partial charge in [-0.15, -0.1) is 0 Å². The zero-order valence-corrected chi connectivity index (χ0v) is 16.5. The molecule has 0 bridgehead atoms. The molecule has 1 aromatic heterocycles. The van der Waals surface area contributed by atoms with Crippen LogP contribution in [0.2, 0.25) is 0 Å². The van der Waals surface area contributed by atoms with E-state index in [1.807, 2.05) is 24.0 Å². The first-order chi connectivity index (χ1) is 13.5. The Kier molecular flexibility index (Phi) is 4.82. The van der Waals surface area contributed by atoms with Crippen molar-refractivity contribution in [2.24, 2.45) is 0 Å². The topological polar surface area (TPSA) is 58.1 Å². The third-order valence-corrected chi connectivity index (χ3v) is 5.25. The molecule has 142 valence electrons. The average molecular weight is 372 g/mol. The molecule has 0 saturated heterocycles. The Morgan fingerprint density at radius 3 is 2.54 bits per heavy atom. The maximum atomic E-state index is 13.1. The zero-order chi connectivity index (χ0) is 19.7. The number of amides is 1. The highest BCUT2D eigenvalue weighted by Gasteiger charge is 2.23. The Morgan fingerprint density at radius 1 is 0.964 bits per heavy atom. The number of anilines is 2. The highest BCUT2D eigenvalue weighted by atomic mass is 16.2. The zero-order valence-electron chi connectivity index (χ0n) is 16.5. The molecular weight excluding hydrogens is 348 g/mol. The van der Waals surface area contributed by atoms with Crippen LogP contribution in [0.3, 0.4) is 0 Å². The molecule has 1 N–H and O–H groups in total. The van der Waals surface area contributed by atoms with E-state index in [4.69, 9.17) is 0 Å². The minimum Gasteiger partial charge on any atom is -0.333 e. The van der Waals surface area contributed by atoms with Crippen LogP contribution in [-0.4, -0.2) is 27.3 Å². The number of carbonyl (C=O) groups excluding carboxylic acids is 1. The molecule has 5 nitrogen and oxygen atoms in total. The van der Waals surface area contributed by atoms with Gasteiger partial charge in [-0.2, -0.15) is 0 Å². The molecule has 2 aromatic carbocycles. The van der Waals surface area contributed by atoms with Crippen molar-refractivity contribution in [3.05, 3.63) is 82.2 Å². The number of carbonyl (C=O) groups is 1. The molecule has 0 spiro atoms. The molecule has 0 unspecified atom stereocenters. The molecule has 0 atom stereocenters. The van der Waals surface area contributed by atoms with Gasteiger partial charge in [-0.25, -0.2) is 9.97 Å². The van der Waals surface area contributed by atoms with Gasteiger partial charge in [-0.3, -0.25) is 4.79 Å². The predicted octanol–water partition coefficient (Wildman–Crippen LogP) is 4.34. The van der Waals surface area contributed by atoms with Crippen LogP contribution in [0.25, 0.3) is 0 Å². The van der Waals surface area contributed by atoms with E-state index >= 15 is 0 Å². The van der Waals surface area contributed by atoms with E-state index in [0.717, 1.165) is 17.8 Å². The van der Waals surface area contributed by atoms with Crippen LogP contribution in [0.15, 0.2) is 48.5 Å². The Morgan fingerprint density at radius 2 is 1.75 bits per heavy atom. The lowest BCUT2D eigenvalue weighted by molar-refractivity contribution is 0.0728. The minimum absolute atomic E-state index is 0.0526. The Labute approximate surface area is 165 Å². The van der Waals surface area contributed by atoms with E-state index in [0.29, 0.717) is 24.7 Å². The fourth-order valence-corrected chi connectivity index (χ4v) is 3.51. The van der Waals surface area contributed by atoms with Crippen LogP contribution in [0.5, 0.6) is 0 Å². The second-order valence-electron chi connectivity index (χ2n) is 7.39. The molecule has 1 aliphatic heterocycles. The third-order valence-electron chi connectivity index (χ3n) is 5.25. The van der Waals surface area contributed by atoms with E-state index in [2.05, 4.69) is 59.5 Å². The summed E-state index contributed by atoms with van der Waals surface area (Å²) in [6.45, 7) is 7.36. The van der Waals surface area contributed by atoms with Gasteiger partial charge in [0.05, 0.1) is 0 Å². The molecule has 5 heteroatoms. The largest absolute Gasteiger partial charge is 0.333 e. The highest BCUT2D eigenvalue weighted by molar-refractivity contribution is 5.93. The number of aromatic nitrogens is 2. The number of hydrogen-bond donors (Lipinski definition) is 1. The van der Waals surface area contributed by atoms with Gasteiger partial charge in [0.25, 0.3) is 5.91 Å². The van der Waals surface area contributed by atoms with E-state index in [1.165, 1.54) is 22.3 Å². The summed E-state index contributed by atoms with van der Waals surface area (Å²) in [5.41, 5.74) is 7.07. The maximum absolute atomic E-state index is 13.1. The van der Waals surface area contributed by atoms with Gasteiger partial charge >= 0.3 is 0 Å². The van der Waals surface area contributed by atoms with Crippen molar-refractivity contribution < 1.29 is 4.79 Å². The summed E-state index contributed by atoms with van der Waals surface area (Å²) in [6, 6.07) is 16.2. The van der Waals surface area contributed by atoms with Crippen LogP contribution >= 0.6 is 0 Å². The number of benzene rings is 2. The maximum Gasteiger partial charge on any atom is 0.272 e. The van der Waals surface area contributed by atoms with E-state index in [1.54, 1.807) is 6.07 Å². The first-order valence-corrected chi connectivity index (χ1v) is 9.55. The van der Waals surface area contributed by atoms with Crippen molar-refractivity contribution in [2.75, 3.05) is 11.9 Å². The number of fused-ring (bicyclic) bond motifs is 1. The molecule has 28 heavy (non-hydrogen) atoms. The molecule has 1 amide bonds. The molecule has 2 heterocycles. The quantitative estimate of drug-likeness (QED) is 0.743. The monoisotopic (exact) mass is 372 g/mol. The first kappa shape index (κ1) is 18.2. The molecule has 0 radical (unpaired) electrons. The lowest BCUT2D eigenvalue weighted by Gasteiger charge is -2.28. The van der Waals surface area contributed by atoms with Crippen molar-refractivity contribution in [2.45, 2.75) is 33.7 Å². The van der Waals surface area contributed by atoms with E-state index in [-0.39, 0.29) is 5.91 Å². The minimum atomic E-state index is -0.0526. The lowest BCUT2D eigenvalue weighted by Crippen LogP contribution is -2.36. The summed E-state index contributed by atoms with van der Waals surface area (Å²) < 4.78 is 0. The Bertz CT molecular complexity index is 1040. The van der Waals surface area contributed by atoms with Crippen LogP contribution in [-0.2, 0) is 13.0 Å².